The molecule has 2 atom stereocenters. The molecule has 0 saturated carbocycles. The van der Waals surface area contributed by atoms with Gasteiger partial charge >= 0.3 is 17.1 Å². The lowest BCUT2D eigenvalue weighted by Crippen LogP contribution is -2.55. The molecular formula is C23H43N3O6S2. The first-order valence-electron chi connectivity index (χ1n) is 12.3. The molecule has 0 aliphatic rings. The highest BCUT2D eigenvalue weighted by Crippen LogP contribution is 2.13. The monoisotopic (exact) mass is 521 g/mol. The van der Waals surface area contributed by atoms with E-state index in [-0.39, 0.29) is 51.3 Å². The second kappa shape index (κ2) is 18.3. The van der Waals surface area contributed by atoms with E-state index in [0.29, 0.717) is 0 Å². The van der Waals surface area contributed by atoms with Crippen molar-refractivity contribution in [1.29, 1.82) is 0 Å². The maximum atomic E-state index is 13.1. The number of thioether (sulfide) groups is 2. The fourth-order valence-electron chi connectivity index (χ4n) is 3.57. The first-order valence-corrected chi connectivity index (χ1v) is 14.6. The van der Waals surface area contributed by atoms with E-state index in [1.807, 2.05) is 13.8 Å². The average molecular weight is 522 g/mol. The minimum Gasteiger partial charge on any atom is -0.396 e. The van der Waals surface area contributed by atoms with Crippen molar-refractivity contribution in [2.24, 2.45) is 11.8 Å². The lowest BCUT2D eigenvalue weighted by molar-refractivity contribution is 0.262. The average Bonchev–Trinajstić information content (AvgIpc) is 2.81. The molecule has 34 heavy (non-hydrogen) atoms. The van der Waals surface area contributed by atoms with Gasteiger partial charge in [-0.25, -0.2) is 28.1 Å². The summed E-state index contributed by atoms with van der Waals surface area (Å²) >= 11 is 3.52. The van der Waals surface area contributed by atoms with Gasteiger partial charge in [0.1, 0.15) is 0 Å². The number of rotatable bonds is 20. The Bertz CT molecular complexity index is 792. The Morgan fingerprint density at radius 3 is 1.41 bits per heavy atom. The zero-order chi connectivity index (χ0) is 25.3. The number of unbranched alkanes of at least 4 members (excludes halogenated alkanes) is 4. The Kier molecular flexibility index (Phi) is 16.7. The van der Waals surface area contributed by atoms with Crippen molar-refractivity contribution >= 4 is 23.5 Å². The third-order valence-electron chi connectivity index (χ3n) is 5.40. The van der Waals surface area contributed by atoms with E-state index in [2.05, 4.69) is 0 Å². The van der Waals surface area contributed by atoms with E-state index in [4.69, 9.17) is 10.2 Å². The lowest BCUT2D eigenvalue weighted by atomic mass is 10.2. The molecule has 3 N–H and O–H groups in total. The Hall–Kier alpha value is -1.01. The van der Waals surface area contributed by atoms with Gasteiger partial charge < -0.3 is 15.3 Å². The molecule has 2 unspecified atom stereocenters. The van der Waals surface area contributed by atoms with E-state index in [0.717, 1.165) is 75.2 Å². The topological polar surface area (TPSA) is 127 Å². The SMILES string of the molecule is CC(CSCCCCCO)Cn1c(=O)n(CCO)c(=O)n(CC(C)CSCCCCCO)c1=O. The van der Waals surface area contributed by atoms with Gasteiger partial charge in [-0.3, -0.25) is 0 Å². The summed E-state index contributed by atoms with van der Waals surface area (Å²) in [7, 11) is 0. The van der Waals surface area contributed by atoms with Crippen LogP contribution in [0.15, 0.2) is 14.4 Å². The van der Waals surface area contributed by atoms with Gasteiger partial charge in [-0.1, -0.05) is 26.7 Å². The summed E-state index contributed by atoms with van der Waals surface area (Å²) in [6.45, 7) is 4.33. The van der Waals surface area contributed by atoms with Gasteiger partial charge in [-0.15, -0.1) is 0 Å². The van der Waals surface area contributed by atoms with Gasteiger partial charge in [-0.2, -0.15) is 23.5 Å². The fourth-order valence-corrected chi connectivity index (χ4v) is 5.73. The van der Waals surface area contributed by atoms with E-state index in [1.165, 1.54) is 0 Å². The molecule has 0 aliphatic heterocycles. The highest BCUT2D eigenvalue weighted by atomic mass is 32.2. The second-order valence-electron chi connectivity index (χ2n) is 8.87. The first-order chi connectivity index (χ1) is 16.4. The van der Waals surface area contributed by atoms with E-state index < -0.39 is 17.1 Å². The normalized spacial score (nSPS) is 13.3. The molecule has 0 fully saturated rings. The Morgan fingerprint density at radius 1 is 0.618 bits per heavy atom. The molecule has 0 bridgehead atoms. The van der Waals surface area contributed by atoms with Crippen molar-refractivity contribution in [3.8, 4) is 0 Å². The van der Waals surface area contributed by atoms with E-state index >= 15 is 0 Å². The number of hydrogen-bond acceptors (Lipinski definition) is 8. The number of aromatic nitrogens is 3. The predicted molar refractivity (Wildman–Crippen MR) is 141 cm³/mol. The molecular weight excluding hydrogens is 478 g/mol. The molecule has 1 aromatic heterocycles. The van der Waals surface area contributed by atoms with Gasteiger partial charge in [0.25, 0.3) is 0 Å². The van der Waals surface area contributed by atoms with Crippen molar-refractivity contribution in [3.05, 3.63) is 31.5 Å². The molecule has 0 amide bonds. The molecule has 198 valence electrons. The molecule has 9 nitrogen and oxygen atoms in total. The maximum Gasteiger partial charge on any atom is 0.336 e. The second-order valence-corrected chi connectivity index (χ2v) is 11.2. The molecule has 1 heterocycles. The minimum absolute atomic E-state index is 0.0636. The fraction of sp³-hybridized carbons (Fsp3) is 0.870. The number of aliphatic hydroxyl groups is 3. The van der Waals surface area contributed by atoms with Crippen LogP contribution in [0.4, 0.5) is 0 Å². The van der Waals surface area contributed by atoms with Crippen LogP contribution in [-0.4, -0.2) is 71.9 Å². The van der Waals surface area contributed by atoms with E-state index in [1.54, 1.807) is 23.5 Å². The van der Waals surface area contributed by atoms with Crippen LogP contribution in [0.1, 0.15) is 52.4 Å². The third kappa shape index (κ3) is 11.2. The number of hydrogen-bond donors (Lipinski definition) is 3. The highest BCUT2D eigenvalue weighted by Gasteiger charge is 2.18. The van der Waals surface area contributed by atoms with Crippen molar-refractivity contribution < 1.29 is 15.3 Å². The molecule has 0 spiro atoms. The van der Waals surface area contributed by atoms with Crippen LogP contribution in [0.5, 0.6) is 0 Å². The van der Waals surface area contributed by atoms with Crippen LogP contribution in [0, 0.1) is 11.8 Å². The van der Waals surface area contributed by atoms with Crippen LogP contribution >= 0.6 is 23.5 Å². The summed E-state index contributed by atoms with van der Waals surface area (Å²) in [5, 5.41) is 27.1. The van der Waals surface area contributed by atoms with Crippen LogP contribution in [0.25, 0.3) is 0 Å². The van der Waals surface area contributed by atoms with Crippen molar-refractivity contribution in [2.45, 2.75) is 72.0 Å². The van der Waals surface area contributed by atoms with Gasteiger partial charge in [0.05, 0.1) is 13.2 Å². The molecule has 0 aliphatic carbocycles. The summed E-state index contributed by atoms with van der Waals surface area (Å²) in [4.78, 5) is 38.9. The molecule has 0 radical (unpaired) electrons. The van der Waals surface area contributed by atoms with Gasteiger partial charge in [-0.05, 0) is 60.5 Å². The molecule has 1 aromatic rings. The first kappa shape index (κ1) is 31.0. The lowest BCUT2D eigenvalue weighted by Gasteiger charge is -2.18. The number of nitrogens with zero attached hydrogens (tertiary/aromatic N) is 3. The van der Waals surface area contributed by atoms with Gasteiger partial charge in [0.2, 0.25) is 0 Å². The summed E-state index contributed by atoms with van der Waals surface area (Å²) in [6.07, 6.45) is 5.60. The van der Waals surface area contributed by atoms with E-state index in [9.17, 15) is 19.5 Å². The predicted octanol–water partition coefficient (Wildman–Crippen LogP) is 1.23. The van der Waals surface area contributed by atoms with Crippen LogP contribution in [0.2, 0.25) is 0 Å². The zero-order valence-electron chi connectivity index (χ0n) is 20.7. The largest absolute Gasteiger partial charge is 0.396 e. The molecule has 0 saturated heterocycles. The Morgan fingerprint density at radius 2 is 1.03 bits per heavy atom. The quantitative estimate of drug-likeness (QED) is 0.219. The maximum absolute atomic E-state index is 13.1. The summed E-state index contributed by atoms with van der Waals surface area (Å²) in [5.74, 6) is 3.62. The third-order valence-corrected chi connectivity index (χ3v) is 8.16. The van der Waals surface area contributed by atoms with Gasteiger partial charge in [0, 0.05) is 26.3 Å². The van der Waals surface area contributed by atoms with Crippen molar-refractivity contribution in [3.63, 3.8) is 0 Å². The van der Waals surface area contributed by atoms with Crippen molar-refractivity contribution in [2.75, 3.05) is 42.8 Å². The molecule has 11 heteroatoms. The smallest absolute Gasteiger partial charge is 0.336 e. The zero-order valence-corrected chi connectivity index (χ0v) is 22.3. The standard InChI is InChI=1S/C23H43N3O6S2/c1-19(17-33-13-7-3-5-10-27)15-25-21(30)24(9-12-29)22(31)26(23(25)32)16-20(2)18-34-14-8-4-6-11-28/h19-20,27-29H,3-18H2,1-2H3. The summed E-state index contributed by atoms with van der Waals surface area (Å²) < 4.78 is 3.25. The Balaban J connectivity index is 2.87. The van der Waals surface area contributed by atoms with Crippen molar-refractivity contribution in [1.82, 2.24) is 13.7 Å². The highest BCUT2D eigenvalue weighted by molar-refractivity contribution is 7.99. The van der Waals surface area contributed by atoms with Crippen LogP contribution in [0.3, 0.4) is 0 Å². The molecule has 1 rings (SSSR count). The Labute approximate surface area is 210 Å². The van der Waals surface area contributed by atoms with Crippen LogP contribution in [-0.2, 0) is 19.6 Å². The van der Waals surface area contributed by atoms with Crippen LogP contribution < -0.4 is 17.1 Å². The molecule has 0 aromatic carbocycles. The number of aliphatic hydroxyl groups excluding tert-OH is 3. The minimum atomic E-state index is -0.661. The van der Waals surface area contributed by atoms with Gasteiger partial charge in [0.15, 0.2) is 0 Å². The summed E-state index contributed by atoms with van der Waals surface area (Å²) in [5.41, 5.74) is -1.90. The summed E-state index contributed by atoms with van der Waals surface area (Å²) in [6, 6.07) is 0.